The normalized spacial score (nSPS) is 18.7. The first-order valence-electron chi connectivity index (χ1n) is 26.3. The molecule has 0 spiro atoms. The zero-order valence-corrected chi connectivity index (χ0v) is 40.5. The smallest absolute Gasteiger partial charge is 0.167 e. The molecule has 0 N–H and O–H groups in total. The van der Waals surface area contributed by atoms with Gasteiger partial charge < -0.3 is 0 Å². The highest BCUT2D eigenvalue weighted by molar-refractivity contribution is 5.98. The molecule has 0 aromatic heterocycles. The second-order valence-corrected chi connectivity index (χ2v) is 19.8. The Kier molecular flexibility index (Phi) is 23.0. The van der Waals surface area contributed by atoms with Gasteiger partial charge >= 0.3 is 0 Å². The molecule has 2 aliphatic carbocycles. The van der Waals surface area contributed by atoms with Crippen molar-refractivity contribution in [3.63, 3.8) is 0 Å². The fourth-order valence-electron chi connectivity index (χ4n) is 10.4. The maximum atomic E-state index is 12.8. The van der Waals surface area contributed by atoms with E-state index in [-0.39, 0.29) is 11.6 Å². The Hall–Kier alpha value is -3.78. The third-order valence-corrected chi connectivity index (χ3v) is 14.7. The lowest BCUT2D eigenvalue weighted by Crippen LogP contribution is -2.13. The van der Waals surface area contributed by atoms with Crippen molar-refractivity contribution in [2.75, 3.05) is 0 Å². The largest absolute Gasteiger partial charge is 0.294 e. The number of aryl methyl sites for hydroxylation is 2. The quantitative estimate of drug-likeness (QED) is 0.0492. The number of carbonyl (C=O) groups excluding carboxylic acids is 2. The highest BCUT2D eigenvalue weighted by Gasteiger charge is 2.24. The molecule has 0 heterocycles. The molecule has 0 unspecified atom stereocenters. The zero-order chi connectivity index (χ0) is 44.5. The van der Waals surface area contributed by atoms with E-state index >= 15 is 0 Å². The van der Waals surface area contributed by atoms with Crippen LogP contribution in [0.15, 0.2) is 97.1 Å². The number of hydrogen-bond donors (Lipinski definition) is 0. The average molecular weight is 851 g/mol. The maximum Gasteiger partial charge on any atom is 0.167 e. The lowest BCUT2D eigenvalue weighted by atomic mass is 9.77. The van der Waals surface area contributed by atoms with Gasteiger partial charge in [-0.25, -0.2) is 0 Å². The van der Waals surface area contributed by atoms with Gasteiger partial charge in [0.1, 0.15) is 0 Å². The molecule has 63 heavy (non-hydrogen) atoms. The maximum absolute atomic E-state index is 12.8. The van der Waals surface area contributed by atoms with Gasteiger partial charge in [0.25, 0.3) is 0 Å². The predicted octanol–water partition coefficient (Wildman–Crippen LogP) is 17.8. The minimum atomic E-state index is 0.227. The van der Waals surface area contributed by atoms with Crippen molar-refractivity contribution in [1.29, 1.82) is 0 Å². The van der Waals surface area contributed by atoms with E-state index in [1.54, 1.807) is 0 Å². The van der Waals surface area contributed by atoms with Crippen LogP contribution < -0.4 is 0 Å². The summed E-state index contributed by atoms with van der Waals surface area (Å²) in [6, 6.07) is 34.4. The van der Waals surface area contributed by atoms with Crippen molar-refractivity contribution < 1.29 is 9.59 Å². The Morgan fingerprint density at radius 3 is 1.05 bits per heavy atom. The van der Waals surface area contributed by atoms with Crippen molar-refractivity contribution in [2.45, 2.75) is 213 Å². The molecule has 0 atom stereocenters. The molecule has 0 bridgehead atoms. The van der Waals surface area contributed by atoms with Gasteiger partial charge in [-0.2, -0.15) is 0 Å². The second-order valence-electron chi connectivity index (χ2n) is 19.8. The molecule has 0 radical (unpaired) electrons. The van der Waals surface area contributed by atoms with Gasteiger partial charge in [-0.1, -0.05) is 208 Å². The number of ketones is 2. The molecule has 6 rings (SSSR count). The van der Waals surface area contributed by atoms with Gasteiger partial charge in [-0.15, -0.1) is 0 Å². The van der Waals surface area contributed by atoms with Crippen molar-refractivity contribution in [2.24, 2.45) is 11.8 Å². The van der Waals surface area contributed by atoms with E-state index in [1.165, 1.54) is 170 Å². The van der Waals surface area contributed by atoms with Crippen LogP contribution in [0, 0.1) is 11.8 Å². The van der Waals surface area contributed by atoms with Crippen molar-refractivity contribution in [3.8, 4) is 0 Å². The van der Waals surface area contributed by atoms with Crippen LogP contribution in [0.4, 0.5) is 0 Å². The molecular formula is C61H86O2. The zero-order valence-electron chi connectivity index (χ0n) is 40.5. The Bertz CT molecular complexity index is 1820. The summed E-state index contributed by atoms with van der Waals surface area (Å²) in [7, 11) is 0. The molecule has 2 fully saturated rings. The van der Waals surface area contributed by atoms with E-state index in [2.05, 4.69) is 125 Å². The van der Waals surface area contributed by atoms with E-state index in [0.29, 0.717) is 24.7 Å². The van der Waals surface area contributed by atoms with Crippen LogP contribution in [-0.4, -0.2) is 11.6 Å². The number of rotatable bonds is 25. The summed E-state index contributed by atoms with van der Waals surface area (Å²) in [6.45, 7) is 9.06. The van der Waals surface area contributed by atoms with Crippen LogP contribution in [0.5, 0.6) is 0 Å². The van der Waals surface area contributed by atoms with Gasteiger partial charge in [0, 0.05) is 24.0 Å². The fourth-order valence-corrected chi connectivity index (χ4v) is 10.4. The Balaban J connectivity index is 0.000000238. The van der Waals surface area contributed by atoms with Crippen molar-refractivity contribution in [1.82, 2.24) is 0 Å². The highest BCUT2D eigenvalue weighted by Crippen LogP contribution is 2.39. The summed E-state index contributed by atoms with van der Waals surface area (Å²) in [6.07, 6.45) is 34.1. The number of benzene rings is 4. The van der Waals surface area contributed by atoms with Crippen molar-refractivity contribution in [3.05, 3.63) is 142 Å². The van der Waals surface area contributed by atoms with Crippen LogP contribution in [0.2, 0.25) is 0 Å². The van der Waals surface area contributed by atoms with Crippen LogP contribution >= 0.6 is 0 Å². The first-order chi connectivity index (χ1) is 30.9. The fraction of sp³-hybridized carbons (Fsp3) is 0.574. The molecule has 0 saturated heterocycles. The molecule has 342 valence electrons. The number of hydrogen-bond acceptors (Lipinski definition) is 2. The number of unbranched alkanes of at least 4 members (excludes halogenated alkanes) is 9. The molecule has 2 heteroatoms. The molecule has 0 aliphatic heterocycles. The minimum absolute atomic E-state index is 0.227. The molecular weight excluding hydrogens is 765 g/mol. The summed E-state index contributed by atoms with van der Waals surface area (Å²) < 4.78 is 0. The lowest BCUT2D eigenvalue weighted by molar-refractivity contribution is 0.0984. The van der Waals surface area contributed by atoms with Crippen molar-refractivity contribution >= 4 is 11.6 Å². The summed E-state index contributed by atoms with van der Waals surface area (Å²) in [5, 5.41) is 0. The van der Waals surface area contributed by atoms with Crippen LogP contribution in [0.3, 0.4) is 0 Å². The Morgan fingerprint density at radius 2 is 0.683 bits per heavy atom. The molecule has 2 aliphatic rings. The van der Waals surface area contributed by atoms with Gasteiger partial charge in [-0.05, 0) is 134 Å². The summed E-state index contributed by atoms with van der Waals surface area (Å²) in [5.41, 5.74) is 9.58. The van der Waals surface area contributed by atoms with Crippen LogP contribution in [0.1, 0.15) is 241 Å². The van der Waals surface area contributed by atoms with Gasteiger partial charge in [0.05, 0.1) is 0 Å². The summed E-state index contributed by atoms with van der Waals surface area (Å²) in [4.78, 5) is 25.6. The molecule has 2 nitrogen and oxygen atoms in total. The first kappa shape index (κ1) is 50.2. The Morgan fingerprint density at radius 1 is 0.365 bits per heavy atom. The van der Waals surface area contributed by atoms with Crippen LogP contribution in [0.25, 0.3) is 0 Å². The standard InChI is InChI=1S/C31H44O.C30H42O/c1-3-5-7-9-11-25-12-14-27(15-13-25)24-31(32)30-22-20-29(21-23-30)28-18-16-26(17-19-28)10-8-6-4-2;1-3-5-7-9-24-11-13-26(14-12-24)23-30(31)29-21-19-28(20-22-29)27-17-15-25(16-18-27)10-8-6-4-2/h12-15,20-23,26,28H,3-11,16-19,24H2,1-2H3;11-14,19-22,25,27H,3-10,15-18,23H2,1-2H3. The highest BCUT2D eigenvalue weighted by atomic mass is 16.1. The molecule has 2 saturated carbocycles. The van der Waals surface area contributed by atoms with Crippen LogP contribution in [-0.2, 0) is 25.7 Å². The lowest BCUT2D eigenvalue weighted by Gasteiger charge is -2.29. The summed E-state index contributed by atoms with van der Waals surface area (Å²) in [5.74, 6) is 3.72. The van der Waals surface area contributed by atoms with E-state index in [1.807, 2.05) is 0 Å². The topological polar surface area (TPSA) is 34.1 Å². The Labute approximate surface area is 385 Å². The van der Waals surface area contributed by atoms with E-state index < -0.39 is 0 Å². The van der Waals surface area contributed by atoms with Gasteiger partial charge in [0.15, 0.2) is 11.6 Å². The average Bonchev–Trinajstić information content (AvgIpc) is 3.32. The summed E-state index contributed by atoms with van der Waals surface area (Å²) >= 11 is 0. The monoisotopic (exact) mass is 851 g/mol. The molecule has 0 amide bonds. The van der Waals surface area contributed by atoms with Gasteiger partial charge in [0.2, 0.25) is 0 Å². The third kappa shape index (κ3) is 18.0. The second kappa shape index (κ2) is 28.9. The number of carbonyl (C=O) groups is 2. The molecule has 4 aromatic rings. The number of Topliss-reactive ketones (excluding diaryl/α,β-unsaturated/α-hetero) is 2. The third-order valence-electron chi connectivity index (χ3n) is 14.7. The first-order valence-corrected chi connectivity index (χ1v) is 26.3. The molecule has 4 aromatic carbocycles. The van der Waals surface area contributed by atoms with E-state index in [9.17, 15) is 9.59 Å². The minimum Gasteiger partial charge on any atom is -0.294 e. The SMILES string of the molecule is CCCCCCc1ccc(CC(=O)c2ccc(C3CCC(CCCCC)CC3)cc2)cc1.CCCCCc1ccc(CC(=O)c2ccc(C3CCC(CCCCC)CC3)cc2)cc1. The predicted molar refractivity (Wildman–Crippen MR) is 271 cm³/mol. The van der Waals surface area contributed by atoms with E-state index in [0.717, 1.165) is 46.9 Å². The van der Waals surface area contributed by atoms with E-state index in [4.69, 9.17) is 0 Å². The van der Waals surface area contributed by atoms with Gasteiger partial charge in [-0.3, -0.25) is 9.59 Å².